The van der Waals surface area contributed by atoms with Gasteiger partial charge in [0.1, 0.15) is 11.9 Å². The van der Waals surface area contributed by atoms with Crippen molar-refractivity contribution in [2.24, 2.45) is 0 Å². The average Bonchev–Trinajstić information content (AvgIpc) is 2.87. The summed E-state index contributed by atoms with van der Waals surface area (Å²) in [5.74, 6) is 0.828. The lowest BCUT2D eigenvalue weighted by atomic mass is 9.98. The zero-order chi connectivity index (χ0) is 24.2. The molecule has 2 aromatic carbocycles. The second-order valence-electron chi connectivity index (χ2n) is 10.1. The van der Waals surface area contributed by atoms with Gasteiger partial charge in [0.25, 0.3) is 5.91 Å². The third-order valence-electron chi connectivity index (χ3n) is 7.61. The Morgan fingerprint density at radius 2 is 1.69 bits per heavy atom. The van der Waals surface area contributed by atoms with Gasteiger partial charge in [-0.05, 0) is 60.6 Å². The number of carbonyl (C=O) groups is 1. The Morgan fingerprint density at radius 3 is 2.49 bits per heavy atom. The summed E-state index contributed by atoms with van der Waals surface area (Å²) in [5, 5.41) is 19.9. The normalized spacial score (nSPS) is 20.4. The summed E-state index contributed by atoms with van der Waals surface area (Å²) in [6.07, 6.45) is 3.29. The molecule has 0 aliphatic carbocycles. The number of hydrogen-bond acceptors (Lipinski definition) is 6. The molecular formula is C28H37N3O4. The van der Waals surface area contributed by atoms with Gasteiger partial charge in [-0.25, -0.2) is 0 Å². The molecule has 1 saturated heterocycles. The van der Waals surface area contributed by atoms with E-state index < -0.39 is 6.10 Å². The Bertz CT molecular complexity index is 1020. The molecule has 1 atom stereocenters. The van der Waals surface area contributed by atoms with E-state index in [0.717, 1.165) is 75.3 Å². The zero-order valence-corrected chi connectivity index (χ0v) is 20.4. The maximum Gasteiger partial charge on any atom is 0.254 e. The minimum atomic E-state index is -0.565. The summed E-state index contributed by atoms with van der Waals surface area (Å²) in [6, 6.07) is 14.3. The highest BCUT2D eigenvalue weighted by atomic mass is 16.5. The molecule has 0 spiro atoms. The molecule has 3 heterocycles. The molecule has 188 valence electrons. The fourth-order valence-electron chi connectivity index (χ4n) is 5.67. The monoisotopic (exact) mass is 479 g/mol. The van der Waals surface area contributed by atoms with Crippen molar-refractivity contribution < 1.29 is 19.7 Å². The first-order valence-electron chi connectivity index (χ1n) is 13.0. The fraction of sp³-hybridized carbons (Fsp3) is 0.536. The van der Waals surface area contributed by atoms with Crippen molar-refractivity contribution in [2.75, 3.05) is 52.4 Å². The van der Waals surface area contributed by atoms with Crippen molar-refractivity contribution in [1.29, 1.82) is 0 Å². The Hall–Kier alpha value is -2.45. The lowest BCUT2D eigenvalue weighted by Gasteiger charge is -2.34. The fourth-order valence-corrected chi connectivity index (χ4v) is 5.67. The number of aliphatic hydroxyl groups excluding tert-OH is 2. The van der Waals surface area contributed by atoms with E-state index in [2.05, 4.69) is 34.1 Å². The molecule has 5 rings (SSSR count). The van der Waals surface area contributed by atoms with Gasteiger partial charge in [-0.3, -0.25) is 9.69 Å². The number of β-amino-alcohol motifs (C(OH)–C–C–N with tert-alkyl or cyclic N) is 2. The predicted molar refractivity (Wildman–Crippen MR) is 135 cm³/mol. The smallest absolute Gasteiger partial charge is 0.254 e. The summed E-state index contributed by atoms with van der Waals surface area (Å²) < 4.78 is 6.22. The van der Waals surface area contributed by atoms with Gasteiger partial charge in [-0.2, -0.15) is 0 Å². The topological polar surface area (TPSA) is 76.5 Å². The van der Waals surface area contributed by atoms with Crippen molar-refractivity contribution >= 4 is 5.91 Å². The van der Waals surface area contributed by atoms with E-state index in [0.29, 0.717) is 19.6 Å². The van der Waals surface area contributed by atoms with Crippen molar-refractivity contribution in [3.8, 4) is 5.75 Å². The number of carbonyl (C=O) groups excluding carboxylic acids is 1. The molecule has 3 aliphatic heterocycles. The Balaban J connectivity index is 1.13. The number of ether oxygens (including phenoxy) is 1. The van der Waals surface area contributed by atoms with Crippen LogP contribution in [-0.4, -0.2) is 95.4 Å². The number of piperidine rings is 1. The third kappa shape index (κ3) is 5.86. The molecule has 35 heavy (non-hydrogen) atoms. The lowest BCUT2D eigenvalue weighted by Crippen LogP contribution is -2.46. The number of hydrogen-bond donors (Lipinski definition) is 2. The first kappa shape index (κ1) is 24.3. The Labute approximate surface area is 207 Å². The average molecular weight is 480 g/mol. The van der Waals surface area contributed by atoms with Crippen molar-refractivity contribution in [2.45, 2.75) is 44.4 Å². The van der Waals surface area contributed by atoms with E-state index in [9.17, 15) is 9.90 Å². The molecule has 1 unspecified atom stereocenters. The minimum Gasteiger partial charge on any atom is -0.490 e. The molecule has 3 aliphatic rings. The van der Waals surface area contributed by atoms with Crippen molar-refractivity contribution in [3.63, 3.8) is 0 Å². The van der Waals surface area contributed by atoms with Crippen LogP contribution in [-0.2, 0) is 19.4 Å². The highest BCUT2D eigenvalue weighted by Crippen LogP contribution is 2.27. The summed E-state index contributed by atoms with van der Waals surface area (Å²) in [5.41, 5.74) is 4.49. The number of likely N-dealkylation sites (tertiary alicyclic amines) is 1. The van der Waals surface area contributed by atoms with Gasteiger partial charge in [-0.1, -0.05) is 24.3 Å². The number of amides is 1. The first-order valence-corrected chi connectivity index (χ1v) is 13.0. The van der Waals surface area contributed by atoms with Crippen LogP contribution in [0.5, 0.6) is 5.75 Å². The molecule has 1 fully saturated rings. The van der Waals surface area contributed by atoms with Crippen LogP contribution in [0.1, 0.15) is 39.9 Å². The largest absolute Gasteiger partial charge is 0.490 e. The third-order valence-corrected chi connectivity index (χ3v) is 7.61. The number of rotatable bonds is 8. The van der Waals surface area contributed by atoms with E-state index in [1.807, 2.05) is 18.2 Å². The Kier molecular flexibility index (Phi) is 7.68. The zero-order valence-electron chi connectivity index (χ0n) is 20.4. The number of benzene rings is 2. The van der Waals surface area contributed by atoms with E-state index in [4.69, 9.17) is 9.84 Å². The molecule has 0 saturated carbocycles. The Morgan fingerprint density at radius 1 is 0.914 bits per heavy atom. The quantitative estimate of drug-likeness (QED) is 0.603. The molecular weight excluding hydrogens is 442 g/mol. The van der Waals surface area contributed by atoms with Crippen LogP contribution in [0, 0.1) is 0 Å². The van der Waals surface area contributed by atoms with Crippen LogP contribution < -0.4 is 4.74 Å². The van der Waals surface area contributed by atoms with Gasteiger partial charge in [0.2, 0.25) is 0 Å². The van der Waals surface area contributed by atoms with E-state index >= 15 is 0 Å². The van der Waals surface area contributed by atoms with Crippen molar-refractivity contribution in [3.05, 3.63) is 64.7 Å². The highest BCUT2D eigenvalue weighted by Gasteiger charge is 2.28. The first-order chi connectivity index (χ1) is 17.1. The summed E-state index contributed by atoms with van der Waals surface area (Å²) in [6.45, 7) is 6.16. The number of fused-ring (bicyclic) bond motifs is 2. The van der Waals surface area contributed by atoms with E-state index in [1.54, 1.807) is 4.90 Å². The van der Waals surface area contributed by atoms with E-state index in [1.165, 1.54) is 11.1 Å². The van der Waals surface area contributed by atoms with Gasteiger partial charge in [-0.15, -0.1) is 0 Å². The van der Waals surface area contributed by atoms with Crippen molar-refractivity contribution in [1.82, 2.24) is 14.7 Å². The van der Waals surface area contributed by atoms with Gasteiger partial charge in [0.05, 0.1) is 12.7 Å². The summed E-state index contributed by atoms with van der Waals surface area (Å²) in [4.78, 5) is 19.5. The molecule has 7 nitrogen and oxygen atoms in total. The molecule has 2 N–H and O–H groups in total. The minimum absolute atomic E-state index is 0.00171. The maximum absolute atomic E-state index is 13.1. The van der Waals surface area contributed by atoms with E-state index in [-0.39, 0.29) is 18.6 Å². The second-order valence-corrected chi connectivity index (χ2v) is 10.1. The lowest BCUT2D eigenvalue weighted by molar-refractivity contribution is 0.0492. The van der Waals surface area contributed by atoms with Gasteiger partial charge in [0.15, 0.2) is 0 Å². The number of aliphatic hydroxyl groups is 2. The van der Waals surface area contributed by atoms with Crippen LogP contribution >= 0.6 is 0 Å². The molecule has 0 aromatic heterocycles. The van der Waals surface area contributed by atoms with Gasteiger partial charge >= 0.3 is 0 Å². The molecule has 7 heteroatoms. The molecule has 0 bridgehead atoms. The van der Waals surface area contributed by atoms with Crippen LogP contribution in [0.15, 0.2) is 42.5 Å². The summed E-state index contributed by atoms with van der Waals surface area (Å²) >= 11 is 0. The molecule has 1 amide bonds. The van der Waals surface area contributed by atoms with Crippen LogP contribution in [0.25, 0.3) is 0 Å². The SMILES string of the molecule is O=C1c2ccc(OC3CCN(CCO)CC3)cc2CCN1CC(O)CN1CCc2ccccc2C1. The van der Waals surface area contributed by atoms with Gasteiger partial charge in [0, 0.05) is 57.9 Å². The standard InChI is InChI=1S/C28H37N3O4/c32-16-15-29-12-9-25(10-13-29)35-26-5-6-27-22(17-26)8-14-31(28(27)34)20-24(33)19-30-11-7-21-3-1-2-4-23(21)18-30/h1-6,17,24-25,32-33H,7-16,18-20H2. The summed E-state index contributed by atoms with van der Waals surface area (Å²) in [7, 11) is 0. The number of nitrogens with zero attached hydrogens (tertiary/aromatic N) is 3. The molecule has 2 aromatic rings. The van der Waals surface area contributed by atoms with Gasteiger partial charge < -0.3 is 24.7 Å². The predicted octanol–water partition coefficient (Wildman–Crippen LogP) is 1.94. The van der Waals surface area contributed by atoms with Crippen LogP contribution in [0.2, 0.25) is 0 Å². The highest BCUT2D eigenvalue weighted by molar-refractivity contribution is 5.97. The van der Waals surface area contributed by atoms with Crippen LogP contribution in [0.3, 0.4) is 0 Å². The molecule has 0 radical (unpaired) electrons. The second kappa shape index (κ2) is 11.1. The maximum atomic E-state index is 13.1. The van der Waals surface area contributed by atoms with Crippen LogP contribution in [0.4, 0.5) is 0 Å².